The molecule has 1 fully saturated rings. The average molecular weight is 398 g/mol. The van der Waals surface area contributed by atoms with E-state index in [1.54, 1.807) is 24.8 Å². The van der Waals surface area contributed by atoms with Gasteiger partial charge in [-0.1, -0.05) is 35.0 Å². The van der Waals surface area contributed by atoms with Crippen molar-refractivity contribution >= 4 is 27.5 Å². The van der Waals surface area contributed by atoms with Crippen molar-refractivity contribution < 1.29 is 17.7 Å². The number of carbonyl (C=O) groups is 1. The average Bonchev–Trinajstić information content (AvgIpc) is 2.96. The maximum atomic E-state index is 12.8. The van der Waals surface area contributed by atoms with Gasteiger partial charge in [0.25, 0.3) is 0 Å². The first-order chi connectivity index (χ1) is 12.3. The summed E-state index contributed by atoms with van der Waals surface area (Å²) in [6.45, 7) is 4.34. The van der Waals surface area contributed by atoms with Crippen LogP contribution in [0.5, 0.6) is 0 Å². The van der Waals surface area contributed by atoms with Crippen LogP contribution in [0.3, 0.4) is 0 Å². The molecule has 0 unspecified atom stereocenters. The number of hydrogen-bond donors (Lipinski definition) is 0. The number of piperazine rings is 1. The molecule has 0 bridgehead atoms. The molecule has 1 aliphatic rings. The SMILES string of the molecule is Cc1noc(C)c1S(=O)(=O)N1CCN(C(=O)Cc2ccccc2Cl)CC1. The molecule has 2 aromatic rings. The molecule has 9 heteroatoms. The lowest BCUT2D eigenvalue weighted by Gasteiger charge is -2.34. The zero-order chi connectivity index (χ0) is 18.9. The van der Waals surface area contributed by atoms with Crippen molar-refractivity contribution in [2.45, 2.75) is 25.2 Å². The summed E-state index contributed by atoms with van der Waals surface area (Å²) < 4.78 is 32.0. The molecule has 1 aromatic heterocycles. The van der Waals surface area contributed by atoms with Gasteiger partial charge in [-0.2, -0.15) is 4.31 Å². The Morgan fingerprint density at radius 2 is 1.85 bits per heavy atom. The normalized spacial score (nSPS) is 16.0. The Labute approximate surface area is 157 Å². The van der Waals surface area contributed by atoms with Gasteiger partial charge >= 0.3 is 0 Å². The maximum Gasteiger partial charge on any atom is 0.248 e. The molecule has 26 heavy (non-hydrogen) atoms. The van der Waals surface area contributed by atoms with E-state index in [0.717, 1.165) is 5.56 Å². The monoisotopic (exact) mass is 397 g/mol. The molecule has 3 rings (SSSR count). The van der Waals surface area contributed by atoms with Crippen LogP contribution in [0.4, 0.5) is 0 Å². The van der Waals surface area contributed by atoms with Crippen LogP contribution in [-0.2, 0) is 21.2 Å². The molecular formula is C17H20ClN3O4S. The van der Waals surface area contributed by atoms with Gasteiger partial charge < -0.3 is 9.42 Å². The summed E-state index contributed by atoms with van der Waals surface area (Å²) in [5.41, 5.74) is 1.12. The minimum absolute atomic E-state index is 0.0625. The zero-order valence-corrected chi connectivity index (χ0v) is 16.2. The van der Waals surface area contributed by atoms with Gasteiger partial charge in [-0.15, -0.1) is 0 Å². The molecule has 0 N–H and O–H groups in total. The fourth-order valence-electron chi connectivity index (χ4n) is 3.07. The van der Waals surface area contributed by atoms with Gasteiger partial charge in [0.1, 0.15) is 10.6 Å². The molecule has 140 valence electrons. The molecule has 0 spiro atoms. The minimum atomic E-state index is -3.68. The van der Waals surface area contributed by atoms with E-state index in [2.05, 4.69) is 5.16 Å². The van der Waals surface area contributed by atoms with Crippen LogP contribution in [0.25, 0.3) is 0 Å². The van der Waals surface area contributed by atoms with Gasteiger partial charge in [-0.25, -0.2) is 8.42 Å². The number of nitrogens with zero attached hydrogens (tertiary/aromatic N) is 3. The Kier molecular flexibility index (Phi) is 5.36. The minimum Gasteiger partial charge on any atom is -0.360 e. The predicted molar refractivity (Wildman–Crippen MR) is 96.5 cm³/mol. The quantitative estimate of drug-likeness (QED) is 0.788. The first kappa shape index (κ1) is 18.9. The van der Waals surface area contributed by atoms with Crippen molar-refractivity contribution in [2.24, 2.45) is 0 Å². The van der Waals surface area contributed by atoms with Gasteiger partial charge in [0.05, 0.1) is 6.42 Å². The third-order valence-corrected chi connectivity index (χ3v) is 6.97. The molecule has 0 aliphatic carbocycles. The number of benzene rings is 1. The highest BCUT2D eigenvalue weighted by Crippen LogP contribution is 2.24. The third kappa shape index (κ3) is 3.62. The number of hydrogen-bond acceptors (Lipinski definition) is 5. The molecule has 2 heterocycles. The molecule has 1 aromatic carbocycles. The molecule has 0 saturated carbocycles. The van der Waals surface area contributed by atoms with Crippen molar-refractivity contribution in [3.63, 3.8) is 0 Å². The number of aromatic nitrogens is 1. The van der Waals surface area contributed by atoms with Crippen LogP contribution < -0.4 is 0 Å². The second kappa shape index (κ2) is 7.38. The smallest absolute Gasteiger partial charge is 0.248 e. The third-order valence-electron chi connectivity index (χ3n) is 4.46. The highest BCUT2D eigenvalue weighted by molar-refractivity contribution is 7.89. The van der Waals surface area contributed by atoms with E-state index in [4.69, 9.17) is 16.1 Å². The zero-order valence-electron chi connectivity index (χ0n) is 14.6. The Bertz CT molecular complexity index is 898. The lowest BCUT2D eigenvalue weighted by molar-refractivity contribution is -0.131. The van der Waals surface area contributed by atoms with Gasteiger partial charge in [-0.05, 0) is 25.5 Å². The van der Waals surface area contributed by atoms with E-state index < -0.39 is 10.0 Å². The second-order valence-corrected chi connectivity index (χ2v) is 8.49. The number of halogens is 1. The van der Waals surface area contributed by atoms with Crippen LogP contribution in [0.15, 0.2) is 33.7 Å². The van der Waals surface area contributed by atoms with Crippen molar-refractivity contribution in [3.05, 3.63) is 46.3 Å². The number of carbonyl (C=O) groups excluding carboxylic acids is 1. The molecule has 0 atom stereocenters. The Balaban J connectivity index is 1.66. The summed E-state index contributed by atoms with van der Waals surface area (Å²) in [6.07, 6.45) is 0.205. The van der Waals surface area contributed by atoms with E-state index >= 15 is 0 Å². The van der Waals surface area contributed by atoms with Crippen molar-refractivity contribution in [2.75, 3.05) is 26.2 Å². The number of aryl methyl sites for hydroxylation is 2. The Morgan fingerprint density at radius 1 is 1.19 bits per heavy atom. The van der Waals surface area contributed by atoms with Gasteiger partial charge in [0, 0.05) is 31.2 Å². The molecular weight excluding hydrogens is 378 g/mol. The van der Waals surface area contributed by atoms with E-state index in [1.165, 1.54) is 4.31 Å². The number of amides is 1. The topological polar surface area (TPSA) is 83.7 Å². The fraction of sp³-hybridized carbons (Fsp3) is 0.412. The molecule has 1 amide bonds. The fourth-order valence-corrected chi connectivity index (χ4v) is 4.98. The largest absolute Gasteiger partial charge is 0.360 e. The molecule has 0 radical (unpaired) electrons. The Hall–Kier alpha value is -1.90. The maximum absolute atomic E-state index is 12.8. The van der Waals surface area contributed by atoms with E-state index in [0.29, 0.717) is 23.8 Å². The highest BCUT2D eigenvalue weighted by atomic mass is 35.5. The predicted octanol–water partition coefficient (Wildman–Crippen LogP) is 2.02. The Morgan fingerprint density at radius 3 is 2.42 bits per heavy atom. The van der Waals surface area contributed by atoms with Crippen LogP contribution in [0.1, 0.15) is 17.0 Å². The summed E-state index contributed by atoms with van der Waals surface area (Å²) in [5.74, 6) is 0.215. The molecule has 1 aliphatic heterocycles. The first-order valence-electron chi connectivity index (χ1n) is 8.25. The van der Waals surface area contributed by atoms with Crippen LogP contribution >= 0.6 is 11.6 Å². The van der Waals surface area contributed by atoms with Crippen molar-refractivity contribution in [1.29, 1.82) is 0 Å². The lowest BCUT2D eigenvalue weighted by Crippen LogP contribution is -2.51. The summed E-state index contributed by atoms with van der Waals surface area (Å²) in [5, 5.41) is 4.27. The summed E-state index contributed by atoms with van der Waals surface area (Å²) in [4.78, 5) is 14.3. The van der Waals surface area contributed by atoms with Gasteiger partial charge in [-0.3, -0.25) is 4.79 Å². The standard InChI is InChI=1S/C17H20ClN3O4S/c1-12-17(13(2)25-19-12)26(23,24)21-9-7-20(8-10-21)16(22)11-14-5-3-4-6-15(14)18/h3-6H,7-11H2,1-2H3. The second-order valence-electron chi connectivity index (χ2n) is 6.21. The van der Waals surface area contributed by atoms with Crippen molar-refractivity contribution in [1.82, 2.24) is 14.4 Å². The van der Waals surface area contributed by atoms with Crippen LogP contribution in [0.2, 0.25) is 5.02 Å². The van der Waals surface area contributed by atoms with Crippen LogP contribution in [0, 0.1) is 13.8 Å². The molecule has 7 nitrogen and oxygen atoms in total. The number of rotatable bonds is 4. The lowest BCUT2D eigenvalue weighted by atomic mass is 10.1. The van der Waals surface area contributed by atoms with E-state index in [-0.39, 0.29) is 36.1 Å². The van der Waals surface area contributed by atoms with Gasteiger partial charge in [0.2, 0.25) is 15.9 Å². The first-order valence-corrected chi connectivity index (χ1v) is 10.1. The summed E-state index contributed by atoms with van der Waals surface area (Å²) in [6, 6.07) is 7.22. The van der Waals surface area contributed by atoms with Gasteiger partial charge in [0.15, 0.2) is 5.76 Å². The van der Waals surface area contributed by atoms with Crippen molar-refractivity contribution in [3.8, 4) is 0 Å². The van der Waals surface area contributed by atoms with E-state index in [1.807, 2.05) is 18.2 Å². The summed E-state index contributed by atoms with van der Waals surface area (Å²) in [7, 11) is -3.68. The van der Waals surface area contributed by atoms with Crippen LogP contribution in [-0.4, -0.2) is 54.9 Å². The summed E-state index contributed by atoms with van der Waals surface area (Å²) >= 11 is 6.10. The number of sulfonamides is 1. The molecule has 1 saturated heterocycles. The van der Waals surface area contributed by atoms with E-state index in [9.17, 15) is 13.2 Å². The highest BCUT2D eigenvalue weighted by Gasteiger charge is 2.34.